The lowest BCUT2D eigenvalue weighted by atomic mass is 10.0. The molecule has 2 aromatic heterocycles. The number of nitrogens with one attached hydrogen (secondary N) is 1. The standard InChI is InChI=1S/C22H26F2N4O2/c1-14-19(21(29)25-13-22(2,3)27(4)5)28-11-7-10-18(20(28)26-14)30-12-15-16(23)8-6-9-17(15)24/h6-11H,12-13H2,1-5H3,(H,25,29). The summed E-state index contributed by atoms with van der Waals surface area (Å²) in [6.07, 6.45) is 1.71. The van der Waals surface area contributed by atoms with E-state index in [1.165, 1.54) is 18.2 Å². The molecule has 0 atom stereocenters. The van der Waals surface area contributed by atoms with E-state index in [0.717, 1.165) is 0 Å². The SMILES string of the molecule is Cc1nc2c(OCc3c(F)cccc3F)cccn2c1C(=O)NCC(C)(C)N(C)C. The van der Waals surface area contributed by atoms with Gasteiger partial charge in [-0.1, -0.05) is 6.07 Å². The van der Waals surface area contributed by atoms with Gasteiger partial charge in [0.05, 0.1) is 11.3 Å². The third-order valence-corrected chi connectivity index (χ3v) is 5.33. The summed E-state index contributed by atoms with van der Waals surface area (Å²) in [6, 6.07) is 7.01. The summed E-state index contributed by atoms with van der Waals surface area (Å²) in [4.78, 5) is 19.3. The number of carbonyl (C=O) groups is 1. The predicted octanol–water partition coefficient (Wildman–Crippen LogP) is 3.57. The molecule has 1 amide bonds. The van der Waals surface area contributed by atoms with Crippen LogP contribution in [0.4, 0.5) is 8.78 Å². The molecule has 2 heterocycles. The molecule has 160 valence electrons. The van der Waals surface area contributed by atoms with Gasteiger partial charge in [0.15, 0.2) is 11.4 Å². The molecular formula is C22H26F2N4O2. The van der Waals surface area contributed by atoms with Gasteiger partial charge in [-0.2, -0.15) is 0 Å². The fourth-order valence-electron chi connectivity index (χ4n) is 2.90. The van der Waals surface area contributed by atoms with E-state index < -0.39 is 11.6 Å². The minimum Gasteiger partial charge on any atom is -0.485 e. The van der Waals surface area contributed by atoms with Crippen LogP contribution in [0.1, 0.15) is 35.6 Å². The van der Waals surface area contributed by atoms with Crippen molar-refractivity contribution in [2.24, 2.45) is 0 Å². The number of amides is 1. The molecule has 0 spiro atoms. The second-order valence-electron chi connectivity index (χ2n) is 7.99. The average molecular weight is 416 g/mol. The fourth-order valence-corrected chi connectivity index (χ4v) is 2.90. The molecule has 8 heteroatoms. The number of ether oxygens (including phenoxy) is 1. The molecule has 0 bridgehead atoms. The Morgan fingerprint density at radius 2 is 1.87 bits per heavy atom. The summed E-state index contributed by atoms with van der Waals surface area (Å²) in [5.74, 6) is -1.28. The van der Waals surface area contributed by atoms with Crippen LogP contribution < -0.4 is 10.1 Å². The van der Waals surface area contributed by atoms with Crippen LogP contribution in [0.5, 0.6) is 5.75 Å². The van der Waals surface area contributed by atoms with E-state index in [4.69, 9.17) is 4.74 Å². The molecule has 3 rings (SSSR count). The number of carbonyl (C=O) groups excluding carboxylic acids is 1. The molecule has 0 aliphatic rings. The Balaban J connectivity index is 1.86. The fraction of sp³-hybridized carbons (Fsp3) is 0.364. The van der Waals surface area contributed by atoms with Crippen molar-refractivity contribution in [3.8, 4) is 5.75 Å². The van der Waals surface area contributed by atoms with Crippen molar-refractivity contribution >= 4 is 11.6 Å². The Labute approximate surface area is 174 Å². The highest BCUT2D eigenvalue weighted by Crippen LogP contribution is 2.24. The maximum absolute atomic E-state index is 13.9. The number of benzene rings is 1. The second-order valence-corrected chi connectivity index (χ2v) is 7.99. The Bertz CT molecular complexity index is 1060. The third kappa shape index (κ3) is 4.28. The van der Waals surface area contributed by atoms with Gasteiger partial charge in [0.2, 0.25) is 0 Å². The van der Waals surface area contributed by atoms with Crippen LogP contribution >= 0.6 is 0 Å². The highest BCUT2D eigenvalue weighted by atomic mass is 19.1. The molecule has 0 saturated carbocycles. The smallest absolute Gasteiger partial charge is 0.270 e. The van der Waals surface area contributed by atoms with Crippen molar-refractivity contribution in [2.45, 2.75) is 32.9 Å². The first kappa shape index (κ1) is 21.7. The third-order valence-electron chi connectivity index (χ3n) is 5.33. The monoisotopic (exact) mass is 416 g/mol. The molecule has 0 fully saturated rings. The van der Waals surface area contributed by atoms with Crippen molar-refractivity contribution in [1.82, 2.24) is 19.6 Å². The molecule has 0 unspecified atom stereocenters. The molecule has 0 aliphatic heterocycles. The van der Waals surface area contributed by atoms with Gasteiger partial charge in [-0.25, -0.2) is 13.8 Å². The van der Waals surface area contributed by atoms with Gasteiger partial charge < -0.3 is 15.0 Å². The second kappa shape index (κ2) is 8.39. The number of hydrogen-bond acceptors (Lipinski definition) is 4. The molecule has 0 aliphatic carbocycles. The molecule has 30 heavy (non-hydrogen) atoms. The van der Waals surface area contributed by atoms with Gasteiger partial charge in [-0.15, -0.1) is 0 Å². The van der Waals surface area contributed by atoms with E-state index in [1.807, 2.05) is 32.8 Å². The zero-order valence-corrected chi connectivity index (χ0v) is 17.8. The van der Waals surface area contributed by atoms with E-state index in [-0.39, 0.29) is 23.6 Å². The summed E-state index contributed by atoms with van der Waals surface area (Å²) < 4.78 is 35.0. The normalized spacial score (nSPS) is 11.9. The molecule has 1 aromatic carbocycles. The first-order valence-electron chi connectivity index (χ1n) is 9.61. The number of aromatic nitrogens is 2. The lowest BCUT2D eigenvalue weighted by molar-refractivity contribution is 0.0913. The van der Waals surface area contributed by atoms with Gasteiger partial charge in [0, 0.05) is 18.3 Å². The molecule has 0 saturated heterocycles. The Morgan fingerprint density at radius 1 is 1.20 bits per heavy atom. The van der Waals surface area contributed by atoms with E-state index in [2.05, 4.69) is 10.3 Å². The molecule has 1 N–H and O–H groups in total. The zero-order valence-electron chi connectivity index (χ0n) is 17.8. The van der Waals surface area contributed by atoms with Gasteiger partial charge >= 0.3 is 0 Å². The predicted molar refractivity (Wildman–Crippen MR) is 111 cm³/mol. The number of rotatable bonds is 7. The van der Waals surface area contributed by atoms with Crippen LogP contribution in [0.3, 0.4) is 0 Å². The number of aryl methyl sites for hydroxylation is 1. The summed E-state index contributed by atoms with van der Waals surface area (Å²) in [6.45, 7) is 5.96. The van der Waals surface area contributed by atoms with Gasteiger partial charge in [0.25, 0.3) is 5.91 Å². The minimum absolute atomic E-state index is 0.160. The topological polar surface area (TPSA) is 58.9 Å². The summed E-state index contributed by atoms with van der Waals surface area (Å²) in [7, 11) is 3.90. The first-order valence-corrected chi connectivity index (χ1v) is 9.61. The minimum atomic E-state index is -0.676. The maximum atomic E-state index is 13.9. The van der Waals surface area contributed by atoms with E-state index in [0.29, 0.717) is 29.3 Å². The highest BCUT2D eigenvalue weighted by molar-refractivity contribution is 5.95. The summed E-state index contributed by atoms with van der Waals surface area (Å²) in [5, 5.41) is 2.95. The largest absolute Gasteiger partial charge is 0.485 e. The van der Waals surface area contributed by atoms with Crippen molar-refractivity contribution in [1.29, 1.82) is 0 Å². The Morgan fingerprint density at radius 3 is 2.50 bits per heavy atom. The van der Waals surface area contributed by atoms with Crippen molar-refractivity contribution < 1.29 is 18.3 Å². The summed E-state index contributed by atoms with van der Waals surface area (Å²) >= 11 is 0. The van der Waals surface area contributed by atoms with Crippen molar-refractivity contribution in [3.05, 3.63) is 65.1 Å². The number of halogens is 2. The number of nitrogens with zero attached hydrogens (tertiary/aromatic N) is 3. The van der Waals surface area contributed by atoms with Crippen LogP contribution in [0.15, 0.2) is 36.5 Å². The Kier molecular flexibility index (Phi) is 6.07. The maximum Gasteiger partial charge on any atom is 0.270 e. The van der Waals surface area contributed by atoms with E-state index in [1.54, 1.807) is 29.7 Å². The summed E-state index contributed by atoms with van der Waals surface area (Å²) in [5.41, 5.74) is 0.947. The average Bonchev–Trinajstić information content (AvgIpc) is 3.02. The quantitative estimate of drug-likeness (QED) is 0.640. The zero-order chi connectivity index (χ0) is 22.1. The first-order chi connectivity index (χ1) is 14.1. The number of likely N-dealkylation sites (N-methyl/N-ethyl adjacent to an activating group) is 1. The van der Waals surface area contributed by atoms with E-state index in [9.17, 15) is 13.6 Å². The van der Waals surface area contributed by atoms with Gasteiger partial charge in [-0.05, 0) is 59.1 Å². The van der Waals surface area contributed by atoms with Crippen LogP contribution in [-0.4, -0.2) is 46.4 Å². The number of pyridine rings is 1. The highest BCUT2D eigenvalue weighted by Gasteiger charge is 2.24. The number of fused-ring (bicyclic) bond motifs is 1. The lowest BCUT2D eigenvalue weighted by Crippen LogP contribution is -2.48. The molecule has 0 radical (unpaired) electrons. The van der Waals surface area contributed by atoms with Gasteiger partial charge in [-0.3, -0.25) is 9.20 Å². The van der Waals surface area contributed by atoms with E-state index >= 15 is 0 Å². The van der Waals surface area contributed by atoms with Crippen molar-refractivity contribution in [2.75, 3.05) is 20.6 Å². The molecular weight excluding hydrogens is 390 g/mol. The number of hydrogen-bond donors (Lipinski definition) is 1. The van der Waals surface area contributed by atoms with Crippen LogP contribution in [0, 0.1) is 18.6 Å². The Hall–Kier alpha value is -3.00. The van der Waals surface area contributed by atoms with Crippen LogP contribution in [0.25, 0.3) is 5.65 Å². The van der Waals surface area contributed by atoms with Gasteiger partial charge in [0.1, 0.15) is 23.9 Å². The number of imidazole rings is 1. The lowest BCUT2D eigenvalue weighted by Gasteiger charge is -2.32. The van der Waals surface area contributed by atoms with Crippen molar-refractivity contribution in [3.63, 3.8) is 0 Å². The molecule has 6 nitrogen and oxygen atoms in total. The molecule has 3 aromatic rings. The van der Waals surface area contributed by atoms with Crippen LogP contribution in [0.2, 0.25) is 0 Å². The van der Waals surface area contributed by atoms with Crippen LogP contribution in [-0.2, 0) is 6.61 Å².